The van der Waals surface area contributed by atoms with Crippen LogP contribution in [0.3, 0.4) is 0 Å². The van der Waals surface area contributed by atoms with Crippen molar-refractivity contribution in [2.75, 3.05) is 0 Å². The lowest BCUT2D eigenvalue weighted by atomic mass is 10.1. The van der Waals surface area contributed by atoms with Crippen LogP contribution in [0.15, 0.2) is 53.6 Å². The Morgan fingerprint density at radius 2 is 1.87 bits per heavy atom. The molecule has 0 aliphatic heterocycles. The number of hydrogen-bond acceptors (Lipinski definition) is 2. The van der Waals surface area contributed by atoms with Gasteiger partial charge in [0.1, 0.15) is 5.82 Å². The molecule has 1 aromatic heterocycles. The first-order valence-electron chi connectivity index (χ1n) is 8.73. The van der Waals surface area contributed by atoms with Crippen molar-refractivity contribution >= 4 is 23.7 Å². The first-order chi connectivity index (χ1) is 14.1. The second-order valence-electron chi connectivity index (χ2n) is 6.54. The molecule has 0 saturated heterocycles. The van der Waals surface area contributed by atoms with Crippen LogP contribution in [0.25, 0.3) is 5.69 Å². The number of hydrogen-bond donors (Lipinski definition) is 1. The smallest absolute Gasteiger partial charge is 0.318 e. The molecule has 30 heavy (non-hydrogen) atoms. The SMILES string of the molecule is Cc1cc(/C=N\NC(=O)c2cccc(C(F)(F)F)c2)c(C)n1-c1ccc(F)c(Cl)c1. The predicted molar refractivity (Wildman–Crippen MR) is 107 cm³/mol. The minimum absolute atomic E-state index is 0.0106. The molecule has 0 unspecified atom stereocenters. The number of nitrogens with zero attached hydrogens (tertiary/aromatic N) is 2. The molecular formula is C21H16ClF4N3O. The Morgan fingerprint density at radius 3 is 2.53 bits per heavy atom. The number of halogens is 5. The summed E-state index contributed by atoms with van der Waals surface area (Å²) in [6.45, 7) is 3.64. The zero-order valence-electron chi connectivity index (χ0n) is 15.9. The molecule has 0 atom stereocenters. The van der Waals surface area contributed by atoms with E-state index in [1.807, 2.05) is 11.5 Å². The first-order valence-corrected chi connectivity index (χ1v) is 9.11. The van der Waals surface area contributed by atoms with Gasteiger partial charge in [0.25, 0.3) is 5.91 Å². The van der Waals surface area contributed by atoms with Crippen LogP contribution in [0.5, 0.6) is 0 Å². The molecular weight excluding hydrogens is 422 g/mol. The van der Waals surface area contributed by atoms with Crippen LogP contribution in [-0.4, -0.2) is 16.7 Å². The van der Waals surface area contributed by atoms with E-state index >= 15 is 0 Å². The van der Waals surface area contributed by atoms with Crippen LogP contribution in [0.2, 0.25) is 5.02 Å². The van der Waals surface area contributed by atoms with Gasteiger partial charge in [0, 0.05) is 28.2 Å². The van der Waals surface area contributed by atoms with Gasteiger partial charge in [-0.2, -0.15) is 18.3 Å². The molecule has 1 N–H and O–H groups in total. The van der Waals surface area contributed by atoms with Crippen molar-refractivity contribution in [3.8, 4) is 5.69 Å². The van der Waals surface area contributed by atoms with Crippen LogP contribution in [0.4, 0.5) is 17.6 Å². The van der Waals surface area contributed by atoms with E-state index in [9.17, 15) is 22.4 Å². The molecule has 9 heteroatoms. The van der Waals surface area contributed by atoms with Gasteiger partial charge in [-0.15, -0.1) is 0 Å². The summed E-state index contributed by atoms with van der Waals surface area (Å²) < 4.78 is 53.6. The van der Waals surface area contributed by atoms with E-state index in [1.54, 1.807) is 19.1 Å². The molecule has 1 amide bonds. The Hall–Kier alpha value is -3.13. The largest absolute Gasteiger partial charge is 0.416 e. The van der Waals surface area contributed by atoms with Crippen molar-refractivity contribution in [2.45, 2.75) is 20.0 Å². The van der Waals surface area contributed by atoms with Crippen LogP contribution < -0.4 is 5.43 Å². The lowest BCUT2D eigenvalue weighted by Gasteiger charge is -2.10. The van der Waals surface area contributed by atoms with Crippen molar-refractivity contribution in [2.24, 2.45) is 5.10 Å². The van der Waals surface area contributed by atoms with Gasteiger partial charge in [0.2, 0.25) is 0 Å². The lowest BCUT2D eigenvalue weighted by Crippen LogP contribution is -2.18. The van der Waals surface area contributed by atoms with Crippen molar-refractivity contribution in [3.63, 3.8) is 0 Å². The zero-order valence-corrected chi connectivity index (χ0v) is 16.6. The van der Waals surface area contributed by atoms with Gasteiger partial charge in [0.15, 0.2) is 0 Å². The highest BCUT2D eigenvalue weighted by molar-refractivity contribution is 6.30. The molecule has 3 rings (SSSR count). The molecule has 0 radical (unpaired) electrons. The third kappa shape index (κ3) is 4.54. The summed E-state index contributed by atoms with van der Waals surface area (Å²) >= 11 is 5.86. The molecule has 0 aliphatic rings. The van der Waals surface area contributed by atoms with Crippen LogP contribution in [-0.2, 0) is 6.18 Å². The third-order valence-corrected chi connectivity index (χ3v) is 4.74. The fraction of sp³-hybridized carbons (Fsp3) is 0.143. The number of amides is 1. The van der Waals surface area contributed by atoms with E-state index in [0.717, 1.165) is 29.6 Å². The van der Waals surface area contributed by atoms with Crippen molar-refractivity contribution in [1.82, 2.24) is 9.99 Å². The van der Waals surface area contributed by atoms with Gasteiger partial charge >= 0.3 is 6.18 Å². The predicted octanol–water partition coefficient (Wildman–Crippen LogP) is 5.67. The van der Waals surface area contributed by atoms with Gasteiger partial charge in [-0.1, -0.05) is 17.7 Å². The summed E-state index contributed by atoms with van der Waals surface area (Å²) in [6.07, 6.45) is -3.16. The number of nitrogens with one attached hydrogen (secondary N) is 1. The average Bonchev–Trinajstić information content (AvgIpc) is 2.97. The minimum atomic E-state index is -4.54. The molecule has 3 aromatic rings. The van der Waals surface area contributed by atoms with Gasteiger partial charge in [-0.05, 0) is 56.3 Å². The standard InChI is InChI=1S/C21H16ClF4N3O/c1-12-8-15(13(2)29(12)17-6-7-19(23)18(22)10-17)11-27-28-20(30)14-4-3-5-16(9-14)21(24,25)26/h3-11H,1-2H3,(H,28,30)/b27-11-. The summed E-state index contributed by atoms with van der Waals surface area (Å²) in [4.78, 5) is 12.1. The van der Waals surface area contributed by atoms with E-state index in [0.29, 0.717) is 11.3 Å². The molecule has 0 aliphatic carbocycles. The summed E-state index contributed by atoms with van der Waals surface area (Å²) in [5, 5.41) is 3.83. The minimum Gasteiger partial charge on any atom is -0.318 e. The number of benzene rings is 2. The van der Waals surface area contributed by atoms with Gasteiger partial charge < -0.3 is 4.57 Å². The highest BCUT2D eigenvalue weighted by Crippen LogP contribution is 2.29. The maximum absolute atomic E-state index is 13.4. The molecule has 0 fully saturated rings. The third-order valence-electron chi connectivity index (χ3n) is 4.45. The summed E-state index contributed by atoms with van der Waals surface area (Å²) in [5.41, 5.74) is 4.04. The van der Waals surface area contributed by atoms with Crippen LogP contribution in [0.1, 0.15) is 32.9 Å². The Bertz CT molecular complexity index is 1140. The fourth-order valence-electron chi connectivity index (χ4n) is 3.00. The van der Waals surface area contributed by atoms with Crippen molar-refractivity contribution in [3.05, 3.63) is 87.4 Å². The Labute approximate surface area is 174 Å². The Balaban J connectivity index is 1.79. The molecule has 1 heterocycles. The zero-order chi connectivity index (χ0) is 22.1. The van der Waals surface area contributed by atoms with Crippen LogP contribution in [0, 0.1) is 19.7 Å². The van der Waals surface area contributed by atoms with E-state index in [1.165, 1.54) is 24.4 Å². The van der Waals surface area contributed by atoms with Crippen molar-refractivity contribution in [1.29, 1.82) is 0 Å². The van der Waals surface area contributed by atoms with Crippen molar-refractivity contribution < 1.29 is 22.4 Å². The lowest BCUT2D eigenvalue weighted by molar-refractivity contribution is -0.137. The summed E-state index contributed by atoms with van der Waals surface area (Å²) in [5.74, 6) is -1.29. The number of rotatable bonds is 4. The summed E-state index contributed by atoms with van der Waals surface area (Å²) in [7, 11) is 0. The maximum Gasteiger partial charge on any atom is 0.416 e. The van der Waals surface area contributed by atoms with E-state index in [2.05, 4.69) is 10.5 Å². The Kier molecular flexibility index (Phi) is 5.98. The Morgan fingerprint density at radius 1 is 1.13 bits per heavy atom. The number of carbonyl (C=O) groups excluding carboxylic acids is 1. The number of hydrazone groups is 1. The average molecular weight is 438 g/mol. The first kappa shape index (κ1) is 21.6. The molecule has 0 saturated carbocycles. The van der Waals surface area contributed by atoms with Gasteiger partial charge in [0.05, 0.1) is 16.8 Å². The highest BCUT2D eigenvalue weighted by atomic mass is 35.5. The number of aryl methyl sites for hydroxylation is 1. The van der Waals surface area contributed by atoms with Crippen LogP contribution >= 0.6 is 11.6 Å². The van der Waals surface area contributed by atoms with E-state index in [4.69, 9.17) is 11.6 Å². The summed E-state index contributed by atoms with van der Waals surface area (Å²) in [6, 6.07) is 10.2. The fourth-order valence-corrected chi connectivity index (χ4v) is 3.18. The van der Waals surface area contributed by atoms with Gasteiger partial charge in [-0.3, -0.25) is 4.79 Å². The molecule has 4 nitrogen and oxygen atoms in total. The second-order valence-corrected chi connectivity index (χ2v) is 6.95. The van der Waals surface area contributed by atoms with E-state index < -0.39 is 23.5 Å². The van der Waals surface area contributed by atoms with Gasteiger partial charge in [-0.25, -0.2) is 9.82 Å². The maximum atomic E-state index is 13.4. The molecule has 2 aromatic carbocycles. The molecule has 0 spiro atoms. The normalized spacial score (nSPS) is 11.8. The monoisotopic (exact) mass is 437 g/mol. The quantitative estimate of drug-likeness (QED) is 0.319. The number of carbonyl (C=O) groups is 1. The topological polar surface area (TPSA) is 46.4 Å². The number of aromatic nitrogens is 1. The highest BCUT2D eigenvalue weighted by Gasteiger charge is 2.30. The molecule has 156 valence electrons. The van der Waals surface area contributed by atoms with E-state index in [-0.39, 0.29) is 10.6 Å². The number of alkyl halides is 3. The molecule has 0 bridgehead atoms. The second kappa shape index (κ2) is 8.31.